The summed E-state index contributed by atoms with van der Waals surface area (Å²) in [5.41, 5.74) is 0.835. The van der Waals surface area contributed by atoms with Crippen LogP contribution >= 0.6 is 0 Å². The van der Waals surface area contributed by atoms with Gasteiger partial charge in [-0.15, -0.1) is 0 Å². The van der Waals surface area contributed by atoms with Crippen molar-refractivity contribution in [1.29, 1.82) is 0 Å². The molecule has 0 radical (unpaired) electrons. The molecule has 1 aromatic carbocycles. The van der Waals surface area contributed by atoms with E-state index in [1.165, 1.54) is 12.1 Å². The molecule has 108 valence electrons. The second-order valence-corrected chi connectivity index (χ2v) is 5.88. The predicted octanol–water partition coefficient (Wildman–Crippen LogP) is 2.86. The normalized spacial score (nSPS) is 13.4. The Morgan fingerprint density at radius 1 is 1.32 bits per heavy atom. The molecule has 4 heteroatoms. The summed E-state index contributed by atoms with van der Waals surface area (Å²) in [7, 11) is 0. The molecule has 3 nitrogen and oxygen atoms in total. The van der Waals surface area contributed by atoms with E-state index in [1.54, 1.807) is 6.92 Å². The molecule has 0 saturated heterocycles. The number of aliphatic hydroxyl groups excluding tert-OH is 1. The molecule has 1 aromatic rings. The number of halogens is 1. The van der Waals surface area contributed by atoms with E-state index in [0.29, 0.717) is 25.3 Å². The van der Waals surface area contributed by atoms with Crippen molar-refractivity contribution in [2.45, 2.75) is 52.3 Å². The summed E-state index contributed by atoms with van der Waals surface area (Å²) >= 11 is 0. The van der Waals surface area contributed by atoms with E-state index in [9.17, 15) is 4.39 Å². The molecule has 0 fully saturated rings. The number of aliphatic hydroxyl groups is 1. The second kappa shape index (κ2) is 6.87. The average molecular weight is 269 g/mol. The van der Waals surface area contributed by atoms with Gasteiger partial charge in [-0.2, -0.15) is 0 Å². The minimum absolute atomic E-state index is 0.0142. The van der Waals surface area contributed by atoms with Crippen LogP contribution < -0.4 is 10.1 Å². The first-order chi connectivity index (χ1) is 8.76. The number of nitrogens with one attached hydrogen (secondary N) is 1. The Labute approximate surface area is 114 Å². The van der Waals surface area contributed by atoms with Gasteiger partial charge >= 0.3 is 0 Å². The van der Waals surface area contributed by atoms with E-state index >= 15 is 0 Å². The number of ether oxygens (including phenoxy) is 1. The summed E-state index contributed by atoms with van der Waals surface area (Å²) < 4.78 is 18.9. The molecule has 1 unspecified atom stereocenters. The van der Waals surface area contributed by atoms with Gasteiger partial charge in [-0.1, -0.05) is 0 Å². The molecule has 0 saturated carbocycles. The lowest BCUT2D eigenvalue weighted by atomic mass is 10.1. The maximum absolute atomic E-state index is 13.5. The lowest BCUT2D eigenvalue weighted by Crippen LogP contribution is -2.35. The number of hydrogen-bond acceptors (Lipinski definition) is 3. The third kappa shape index (κ3) is 7.13. The van der Waals surface area contributed by atoms with Crippen LogP contribution in [0.25, 0.3) is 0 Å². The maximum atomic E-state index is 13.5. The van der Waals surface area contributed by atoms with Crippen LogP contribution in [0.2, 0.25) is 0 Å². The Hall–Kier alpha value is -1.13. The third-order valence-electron chi connectivity index (χ3n) is 2.56. The summed E-state index contributed by atoms with van der Waals surface area (Å²) in [4.78, 5) is 0. The number of benzene rings is 1. The van der Waals surface area contributed by atoms with E-state index < -0.39 is 6.10 Å². The molecule has 0 amide bonds. The zero-order valence-corrected chi connectivity index (χ0v) is 12.2. The molecular formula is C15H24FNO2. The van der Waals surface area contributed by atoms with Crippen LogP contribution in [0.3, 0.4) is 0 Å². The van der Waals surface area contributed by atoms with Crippen molar-refractivity contribution in [3.05, 3.63) is 29.6 Å². The molecule has 19 heavy (non-hydrogen) atoms. The van der Waals surface area contributed by atoms with Crippen LogP contribution in [0, 0.1) is 5.82 Å². The Bertz CT molecular complexity index is 400. The zero-order chi connectivity index (χ0) is 14.5. The van der Waals surface area contributed by atoms with Crippen molar-refractivity contribution in [1.82, 2.24) is 5.32 Å². The van der Waals surface area contributed by atoms with Gasteiger partial charge in [0.1, 0.15) is 11.6 Å². The molecule has 0 aliphatic heterocycles. The highest BCUT2D eigenvalue weighted by molar-refractivity contribution is 5.29. The van der Waals surface area contributed by atoms with Gasteiger partial charge in [0, 0.05) is 24.6 Å². The molecule has 0 aliphatic rings. The summed E-state index contributed by atoms with van der Waals surface area (Å²) in [6.45, 7) is 8.86. The molecule has 0 heterocycles. The van der Waals surface area contributed by atoms with Crippen molar-refractivity contribution in [3.63, 3.8) is 0 Å². The maximum Gasteiger partial charge on any atom is 0.127 e. The Morgan fingerprint density at radius 3 is 2.58 bits per heavy atom. The fourth-order valence-corrected chi connectivity index (χ4v) is 1.52. The van der Waals surface area contributed by atoms with E-state index in [1.807, 2.05) is 6.07 Å². The summed E-state index contributed by atoms with van der Waals surface area (Å²) in [5, 5.41) is 12.5. The van der Waals surface area contributed by atoms with Crippen LogP contribution in [0.5, 0.6) is 5.75 Å². The lowest BCUT2D eigenvalue weighted by Gasteiger charge is -2.20. The van der Waals surface area contributed by atoms with Gasteiger partial charge in [0.2, 0.25) is 0 Å². The molecule has 0 aliphatic carbocycles. The van der Waals surface area contributed by atoms with E-state index in [2.05, 4.69) is 26.1 Å². The Morgan fingerprint density at radius 2 is 2.00 bits per heavy atom. The van der Waals surface area contributed by atoms with Crippen molar-refractivity contribution in [2.24, 2.45) is 0 Å². The highest BCUT2D eigenvalue weighted by atomic mass is 19.1. The van der Waals surface area contributed by atoms with Gasteiger partial charge in [0.15, 0.2) is 0 Å². The first-order valence-corrected chi connectivity index (χ1v) is 6.61. The molecule has 1 atom stereocenters. The van der Waals surface area contributed by atoms with E-state index in [-0.39, 0.29) is 11.4 Å². The summed E-state index contributed by atoms with van der Waals surface area (Å²) in [6, 6.07) is 4.69. The predicted molar refractivity (Wildman–Crippen MR) is 74.8 cm³/mol. The Balaban J connectivity index is 2.61. The van der Waals surface area contributed by atoms with Crippen LogP contribution in [-0.4, -0.2) is 23.4 Å². The summed E-state index contributed by atoms with van der Waals surface area (Å²) in [5.74, 6) is 0.201. The average Bonchev–Trinajstić information content (AvgIpc) is 2.24. The van der Waals surface area contributed by atoms with Gasteiger partial charge in [-0.05, 0) is 45.4 Å². The fraction of sp³-hybridized carbons (Fsp3) is 0.600. The van der Waals surface area contributed by atoms with Crippen molar-refractivity contribution in [3.8, 4) is 5.75 Å². The number of rotatable bonds is 6. The van der Waals surface area contributed by atoms with Crippen molar-refractivity contribution in [2.75, 3.05) is 6.61 Å². The molecule has 1 rings (SSSR count). The molecular weight excluding hydrogens is 245 g/mol. The van der Waals surface area contributed by atoms with Crippen LogP contribution in [0.4, 0.5) is 4.39 Å². The van der Waals surface area contributed by atoms with E-state index in [4.69, 9.17) is 9.84 Å². The second-order valence-electron chi connectivity index (χ2n) is 5.88. The first-order valence-electron chi connectivity index (χ1n) is 6.61. The summed E-state index contributed by atoms with van der Waals surface area (Å²) in [6.07, 6.45) is 0.127. The fourth-order valence-electron chi connectivity index (χ4n) is 1.52. The zero-order valence-electron chi connectivity index (χ0n) is 12.2. The van der Waals surface area contributed by atoms with Crippen LogP contribution in [0.1, 0.15) is 39.7 Å². The van der Waals surface area contributed by atoms with Crippen molar-refractivity contribution < 1.29 is 14.2 Å². The standard InChI is InChI=1S/C15H24FNO2/c1-11(18)5-6-19-14-8-12(7-13(16)9-14)10-17-15(2,3)4/h7-9,11,17-18H,5-6,10H2,1-4H3. The molecule has 0 aromatic heterocycles. The quantitative estimate of drug-likeness (QED) is 0.834. The molecule has 0 spiro atoms. The SMILES string of the molecule is CC(O)CCOc1cc(F)cc(CNC(C)(C)C)c1. The monoisotopic (exact) mass is 269 g/mol. The lowest BCUT2D eigenvalue weighted by molar-refractivity contribution is 0.155. The van der Waals surface area contributed by atoms with E-state index in [0.717, 1.165) is 5.56 Å². The van der Waals surface area contributed by atoms with Gasteiger partial charge < -0.3 is 15.2 Å². The van der Waals surface area contributed by atoms with Gasteiger partial charge in [0.25, 0.3) is 0 Å². The van der Waals surface area contributed by atoms with Gasteiger partial charge in [-0.25, -0.2) is 4.39 Å². The smallest absolute Gasteiger partial charge is 0.127 e. The minimum atomic E-state index is -0.407. The Kier molecular flexibility index (Phi) is 5.76. The van der Waals surface area contributed by atoms with Gasteiger partial charge in [0.05, 0.1) is 12.7 Å². The van der Waals surface area contributed by atoms with Crippen LogP contribution in [0.15, 0.2) is 18.2 Å². The van der Waals surface area contributed by atoms with Gasteiger partial charge in [-0.3, -0.25) is 0 Å². The third-order valence-corrected chi connectivity index (χ3v) is 2.56. The highest BCUT2D eigenvalue weighted by Crippen LogP contribution is 2.17. The first kappa shape index (κ1) is 15.9. The largest absolute Gasteiger partial charge is 0.493 e. The van der Waals surface area contributed by atoms with Crippen molar-refractivity contribution >= 4 is 0 Å². The molecule has 2 N–H and O–H groups in total. The topological polar surface area (TPSA) is 41.5 Å². The molecule has 0 bridgehead atoms. The van der Waals surface area contributed by atoms with Crippen LogP contribution in [-0.2, 0) is 6.54 Å². The highest BCUT2D eigenvalue weighted by Gasteiger charge is 2.09. The minimum Gasteiger partial charge on any atom is -0.493 e. The number of hydrogen-bond donors (Lipinski definition) is 2.